The molecule has 25 heavy (non-hydrogen) atoms. The maximum atomic E-state index is 5.65. The summed E-state index contributed by atoms with van der Waals surface area (Å²) < 4.78 is 11.1. The second kappa shape index (κ2) is 8.39. The Morgan fingerprint density at radius 3 is 2.60 bits per heavy atom. The number of likely N-dealkylation sites (tertiary alicyclic amines) is 1. The monoisotopic (exact) mass is 339 g/mol. The Morgan fingerprint density at radius 2 is 1.84 bits per heavy atom. The molecule has 1 atom stereocenters. The zero-order valence-electron chi connectivity index (χ0n) is 15.6. The fourth-order valence-electron chi connectivity index (χ4n) is 3.91. The van der Waals surface area contributed by atoms with E-state index in [0.717, 1.165) is 24.6 Å². The van der Waals surface area contributed by atoms with Gasteiger partial charge in [0.05, 0.1) is 14.2 Å². The Kier molecular flexibility index (Phi) is 5.98. The van der Waals surface area contributed by atoms with Crippen molar-refractivity contribution in [1.29, 1.82) is 0 Å². The van der Waals surface area contributed by atoms with Gasteiger partial charge in [0.2, 0.25) is 0 Å². The van der Waals surface area contributed by atoms with Crippen molar-refractivity contribution in [3.05, 3.63) is 59.2 Å². The minimum Gasteiger partial charge on any atom is -0.493 e. The molecule has 134 valence electrons. The normalized spacial score (nSPS) is 18.6. The molecule has 3 heteroatoms. The van der Waals surface area contributed by atoms with Crippen molar-refractivity contribution < 1.29 is 9.47 Å². The maximum absolute atomic E-state index is 5.65. The van der Waals surface area contributed by atoms with Crippen molar-refractivity contribution in [1.82, 2.24) is 4.90 Å². The smallest absolute Gasteiger partial charge is 0.165 e. The molecule has 0 N–H and O–H groups in total. The average molecular weight is 339 g/mol. The van der Waals surface area contributed by atoms with Crippen LogP contribution in [-0.2, 0) is 6.54 Å². The molecule has 0 bridgehead atoms. The fraction of sp³-hybridized carbons (Fsp3) is 0.455. The summed E-state index contributed by atoms with van der Waals surface area (Å²) >= 11 is 0. The summed E-state index contributed by atoms with van der Waals surface area (Å²) in [6, 6.07) is 15.6. The van der Waals surface area contributed by atoms with Crippen LogP contribution in [0.25, 0.3) is 0 Å². The van der Waals surface area contributed by atoms with Gasteiger partial charge in [0.25, 0.3) is 0 Å². The van der Waals surface area contributed by atoms with Gasteiger partial charge in [0.15, 0.2) is 11.5 Å². The van der Waals surface area contributed by atoms with E-state index < -0.39 is 0 Å². The number of rotatable bonds is 5. The van der Waals surface area contributed by atoms with Crippen LogP contribution in [0.3, 0.4) is 0 Å². The molecule has 1 saturated heterocycles. The van der Waals surface area contributed by atoms with Gasteiger partial charge in [-0.3, -0.25) is 4.90 Å². The van der Waals surface area contributed by atoms with E-state index in [1.165, 1.54) is 42.4 Å². The fourth-order valence-corrected chi connectivity index (χ4v) is 3.91. The Hall–Kier alpha value is -2.00. The summed E-state index contributed by atoms with van der Waals surface area (Å²) in [5, 5.41) is 0. The highest BCUT2D eigenvalue weighted by atomic mass is 16.5. The molecule has 0 aromatic heterocycles. The largest absolute Gasteiger partial charge is 0.493 e. The number of nitrogens with zero attached hydrogens (tertiary/aromatic N) is 1. The Labute approximate surface area is 151 Å². The van der Waals surface area contributed by atoms with Gasteiger partial charge >= 0.3 is 0 Å². The SMILES string of the molecule is COc1cccc(CN2CCCCC[C@@H]2c2cccc(C)c2)c1OC. The molecule has 1 aliphatic rings. The van der Waals surface area contributed by atoms with E-state index in [9.17, 15) is 0 Å². The van der Waals surface area contributed by atoms with Gasteiger partial charge in [-0.1, -0.05) is 54.8 Å². The predicted octanol–water partition coefficient (Wildman–Crippen LogP) is 5.13. The lowest BCUT2D eigenvalue weighted by Crippen LogP contribution is -2.28. The number of hydrogen-bond donors (Lipinski definition) is 0. The van der Waals surface area contributed by atoms with E-state index in [1.807, 2.05) is 6.07 Å². The highest BCUT2D eigenvalue weighted by Crippen LogP contribution is 2.36. The number of para-hydroxylation sites is 1. The van der Waals surface area contributed by atoms with Crippen LogP contribution in [0.15, 0.2) is 42.5 Å². The van der Waals surface area contributed by atoms with Crippen molar-refractivity contribution >= 4 is 0 Å². The predicted molar refractivity (Wildman–Crippen MR) is 102 cm³/mol. The zero-order chi connectivity index (χ0) is 17.6. The first-order valence-corrected chi connectivity index (χ1v) is 9.23. The van der Waals surface area contributed by atoms with Crippen LogP contribution < -0.4 is 9.47 Å². The quantitative estimate of drug-likeness (QED) is 0.754. The van der Waals surface area contributed by atoms with Gasteiger partial charge in [0.1, 0.15) is 0 Å². The lowest BCUT2D eigenvalue weighted by atomic mass is 9.98. The van der Waals surface area contributed by atoms with Crippen molar-refractivity contribution in [3.63, 3.8) is 0 Å². The highest BCUT2D eigenvalue weighted by molar-refractivity contribution is 5.46. The molecule has 1 fully saturated rings. The number of benzene rings is 2. The van der Waals surface area contributed by atoms with Gasteiger partial charge in [-0.25, -0.2) is 0 Å². The van der Waals surface area contributed by atoms with E-state index in [0.29, 0.717) is 6.04 Å². The third-order valence-electron chi connectivity index (χ3n) is 5.15. The summed E-state index contributed by atoms with van der Waals surface area (Å²) in [6.07, 6.45) is 5.09. The van der Waals surface area contributed by atoms with Gasteiger partial charge < -0.3 is 9.47 Å². The van der Waals surface area contributed by atoms with Crippen molar-refractivity contribution in [2.24, 2.45) is 0 Å². The van der Waals surface area contributed by atoms with Gasteiger partial charge in [-0.2, -0.15) is 0 Å². The molecule has 2 aromatic rings. The van der Waals surface area contributed by atoms with Crippen LogP contribution in [0.1, 0.15) is 48.4 Å². The van der Waals surface area contributed by atoms with Crippen molar-refractivity contribution in [2.75, 3.05) is 20.8 Å². The second-order valence-corrected chi connectivity index (χ2v) is 6.90. The molecule has 0 saturated carbocycles. The molecule has 0 unspecified atom stereocenters. The summed E-state index contributed by atoms with van der Waals surface area (Å²) in [5.41, 5.74) is 3.96. The molecular weight excluding hydrogens is 310 g/mol. The standard InChI is InChI=1S/C22H29NO2/c1-17-9-7-10-18(15-17)20-12-5-4-6-14-23(20)16-19-11-8-13-21(24-2)22(19)25-3/h7-11,13,15,20H,4-6,12,14,16H2,1-3H3/t20-/m1/s1. The van der Waals surface area contributed by atoms with Crippen molar-refractivity contribution in [2.45, 2.75) is 45.2 Å². The summed E-state index contributed by atoms with van der Waals surface area (Å²) in [5.74, 6) is 1.67. The molecule has 0 spiro atoms. The van der Waals surface area contributed by atoms with Gasteiger partial charge in [-0.15, -0.1) is 0 Å². The van der Waals surface area contributed by atoms with Gasteiger partial charge in [-0.05, 0) is 37.9 Å². The third kappa shape index (κ3) is 4.16. The van der Waals surface area contributed by atoms with Crippen molar-refractivity contribution in [3.8, 4) is 11.5 Å². The minimum atomic E-state index is 0.471. The van der Waals surface area contributed by atoms with E-state index in [2.05, 4.69) is 48.2 Å². The summed E-state index contributed by atoms with van der Waals surface area (Å²) in [4.78, 5) is 2.61. The van der Waals surface area contributed by atoms with E-state index >= 15 is 0 Å². The van der Waals surface area contributed by atoms with Crippen LogP contribution in [0.5, 0.6) is 11.5 Å². The van der Waals surface area contributed by atoms with Crippen LogP contribution in [0.2, 0.25) is 0 Å². The first-order valence-electron chi connectivity index (χ1n) is 9.23. The van der Waals surface area contributed by atoms with E-state index in [1.54, 1.807) is 14.2 Å². The number of aryl methyl sites for hydroxylation is 1. The van der Waals surface area contributed by atoms with E-state index in [4.69, 9.17) is 9.47 Å². The zero-order valence-corrected chi connectivity index (χ0v) is 15.6. The van der Waals surface area contributed by atoms with Crippen LogP contribution in [0, 0.1) is 6.92 Å². The molecule has 0 radical (unpaired) electrons. The number of ether oxygens (including phenoxy) is 2. The Balaban J connectivity index is 1.90. The lowest BCUT2D eigenvalue weighted by Gasteiger charge is -2.31. The Bertz CT molecular complexity index is 698. The first-order chi connectivity index (χ1) is 12.2. The molecule has 0 amide bonds. The second-order valence-electron chi connectivity index (χ2n) is 6.90. The molecule has 3 rings (SSSR count). The van der Waals surface area contributed by atoms with Crippen LogP contribution in [-0.4, -0.2) is 25.7 Å². The average Bonchev–Trinajstić information content (AvgIpc) is 2.87. The molecule has 3 nitrogen and oxygen atoms in total. The minimum absolute atomic E-state index is 0.471. The molecule has 1 aliphatic heterocycles. The number of methoxy groups -OCH3 is 2. The van der Waals surface area contributed by atoms with E-state index in [-0.39, 0.29) is 0 Å². The summed E-state index contributed by atoms with van der Waals surface area (Å²) in [6.45, 7) is 4.19. The van der Waals surface area contributed by atoms with Gasteiger partial charge in [0, 0.05) is 18.2 Å². The first kappa shape index (κ1) is 17.8. The maximum Gasteiger partial charge on any atom is 0.165 e. The third-order valence-corrected chi connectivity index (χ3v) is 5.15. The van der Waals surface area contributed by atoms with Crippen LogP contribution in [0.4, 0.5) is 0 Å². The molecule has 1 heterocycles. The molecular formula is C22H29NO2. The molecule has 2 aromatic carbocycles. The van der Waals surface area contributed by atoms with Crippen LogP contribution >= 0.6 is 0 Å². The lowest BCUT2D eigenvalue weighted by molar-refractivity contribution is 0.189. The number of hydrogen-bond acceptors (Lipinski definition) is 3. The highest BCUT2D eigenvalue weighted by Gasteiger charge is 2.24. The summed E-state index contributed by atoms with van der Waals surface area (Å²) in [7, 11) is 3.42. The Morgan fingerprint density at radius 1 is 1.00 bits per heavy atom. The molecule has 0 aliphatic carbocycles. The topological polar surface area (TPSA) is 21.7 Å².